The quantitative estimate of drug-likeness (QED) is 0.826. The van der Waals surface area contributed by atoms with E-state index in [0.717, 1.165) is 36.7 Å². The molecule has 2 bridgehead atoms. The van der Waals surface area contributed by atoms with Crippen LogP contribution < -0.4 is 0 Å². The van der Waals surface area contributed by atoms with Gasteiger partial charge in [-0.1, -0.05) is 0 Å². The van der Waals surface area contributed by atoms with Crippen LogP contribution in [0.1, 0.15) is 43.0 Å². The van der Waals surface area contributed by atoms with E-state index in [0.29, 0.717) is 18.2 Å². The fourth-order valence-electron chi connectivity index (χ4n) is 3.44. The summed E-state index contributed by atoms with van der Waals surface area (Å²) in [7, 11) is 1.83. The Hall–Kier alpha value is -0.870. The van der Waals surface area contributed by atoms with Crippen molar-refractivity contribution >= 4 is 0 Å². The Kier molecular flexibility index (Phi) is 3.16. The minimum absolute atomic E-state index is 0.451. The number of rotatable bonds is 3. The van der Waals surface area contributed by atoms with Crippen molar-refractivity contribution in [3.05, 3.63) is 17.3 Å². The van der Waals surface area contributed by atoms with Gasteiger partial charge in [-0.15, -0.1) is 0 Å². The zero-order valence-corrected chi connectivity index (χ0v) is 11.5. The van der Waals surface area contributed by atoms with E-state index in [2.05, 4.69) is 9.88 Å². The number of oxazole rings is 1. The predicted molar refractivity (Wildman–Crippen MR) is 68.4 cm³/mol. The van der Waals surface area contributed by atoms with Crippen molar-refractivity contribution in [3.8, 4) is 0 Å². The van der Waals surface area contributed by atoms with Gasteiger partial charge in [-0.2, -0.15) is 0 Å². The lowest BCUT2D eigenvalue weighted by Crippen LogP contribution is -2.44. The molecule has 18 heavy (non-hydrogen) atoms. The Balaban J connectivity index is 1.71. The largest absolute Gasteiger partial charge is 0.444 e. The molecule has 1 aromatic rings. The van der Waals surface area contributed by atoms with Gasteiger partial charge in [0.1, 0.15) is 5.76 Å². The summed E-state index contributed by atoms with van der Waals surface area (Å²) in [4.78, 5) is 7.07. The van der Waals surface area contributed by atoms with E-state index < -0.39 is 0 Å². The van der Waals surface area contributed by atoms with E-state index in [1.807, 2.05) is 21.0 Å². The van der Waals surface area contributed by atoms with Gasteiger partial charge in [0.15, 0.2) is 0 Å². The summed E-state index contributed by atoms with van der Waals surface area (Å²) in [6, 6.07) is 1.31. The summed E-state index contributed by atoms with van der Waals surface area (Å²) in [5.41, 5.74) is 1.02. The van der Waals surface area contributed by atoms with E-state index in [1.54, 1.807) is 0 Å². The monoisotopic (exact) mass is 250 g/mol. The molecule has 4 heteroatoms. The molecule has 1 aromatic heterocycles. The van der Waals surface area contributed by atoms with Crippen molar-refractivity contribution in [2.75, 3.05) is 7.11 Å². The third-order valence-corrected chi connectivity index (χ3v) is 4.57. The second-order valence-electron chi connectivity index (χ2n) is 5.64. The molecule has 4 nitrogen and oxygen atoms in total. The van der Waals surface area contributed by atoms with Crippen LogP contribution in [0.4, 0.5) is 0 Å². The zero-order valence-electron chi connectivity index (χ0n) is 11.5. The SMILES string of the molecule is COC1CC2CCC(C1)N2Cc1nc(C)c(C)o1. The molecule has 3 heterocycles. The topological polar surface area (TPSA) is 38.5 Å². The minimum atomic E-state index is 0.451. The Morgan fingerprint density at radius 2 is 1.94 bits per heavy atom. The summed E-state index contributed by atoms with van der Waals surface area (Å²) in [6.45, 7) is 4.85. The third-order valence-electron chi connectivity index (χ3n) is 4.57. The Labute approximate surface area is 108 Å². The smallest absolute Gasteiger partial charge is 0.208 e. The van der Waals surface area contributed by atoms with Gasteiger partial charge in [-0.25, -0.2) is 4.98 Å². The highest BCUT2D eigenvalue weighted by molar-refractivity contribution is 5.06. The Morgan fingerprint density at radius 3 is 2.44 bits per heavy atom. The van der Waals surface area contributed by atoms with E-state index in [1.165, 1.54) is 12.8 Å². The average Bonchev–Trinajstić information content (AvgIpc) is 2.77. The number of nitrogens with zero attached hydrogens (tertiary/aromatic N) is 2. The lowest BCUT2D eigenvalue weighted by molar-refractivity contribution is -0.000543. The summed E-state index contributed by atoms with van der Waals surface area (Å²) in [5.74, 6) is 1.82. The molecule has 0 aromatic carbocycles. The van der Waals surface area contributed by atoms with Crippen molar-refractivity contribution in [3.63, 3.8) is 0 Å². The second-order valence-corrected chi connectivity index (χ2v) is 5.64. The fourth-order valence-corrected chi connectivity index (χ4v) is 3.44. The van der Waals surface area contributed by atoms with E-state index in [-0.39, 0.29) is 0 Å². The van der Waals surface area contributed by atoms with E-state index in [9.17, 15) is 0 Å². The van der Waals surface area contributed by atoms with Crippen LogP contribution in [-0.4, -0.2) is 35.2 Å². The van der Waals surface area contributed by atoms with Crippen LogP contribution in [0.5, 0.6) is 0 Å². The van der Waals surface area contributed by atoms with Gasteiger partial charge in [0.2, 0.25) is 5.89 Å². The maximum atomic E-state index is 5.71. The van der Waals surface area contributed by atoms with Gasteiger partial charge in [0, 0.05) is 19.2 Å². The van der Waals surface area contributed by atoms with E-state index in [4.69, 9.17) is 9.15 Å². The molecule has 0 N–H and O–H groups in total. The Morgan fingerprint density at radius 1 is 1.28 bits per heavy atom. The molecule has 2 saturated heterocycles. The number of hydrogen-bond donors (Lipinski definition) is 0. The van der Waals surface area contributed by atoms with Crippen LogP contribution in [0.2, 0.25) is 0 Å². The van der Waals surface area contributed by atoms with Crippen molar-refractivity contribution in [1.82, 2.24) is 9.88 Å². The lowest BCUT2D eigenvalue weighted by atomic mass is 10.00. The fraction of sp³-hybridized carbons (Fsp3) is 0.786. The van der Waals surface area contributed by atoms with Gasteiger partial charge in [0.05, 0.1) is 18.3 Å². The summed E-state index contributed by atoms with van der Waals surface area (Å²) < 4.78 is 11.2. The highest BCUT2D eigenvalue weighted by atomic mass is 16.5. The molecular formula is C14H22N2O2. The summed E-state index contributed by atoms with van der Waals surface area (Å²) in [5, 5.41) is 0. The van der Waals surface area contributed by atoms with Crippen LogP contribution in [-0.2, 0) is 11.3 Å². The van der Waals surface area contributed by atoms with Gasteiger partial charge in [0.25, 0.3) is 0 Å². The highest BCUT2D eigenvalue weighted by Crippen LogP contribution is 2.37. The molecule has 0 saturated carbocycles. The third kappa shape index (κ3) is 2.08. The van der Waals surface area contributed by atoms with E-state index >= 15 is 0 Å². The van der Waals surface area contributed by atoms with Crippen molar-refractivity contribution in [1.29, 1.82) is 0 Å². The molecule has 2 aliphatic rings. The number of fused-ring (bicyclic) bond motifs is 2. The first-order valence-electron chi connectivity index (χ1n) is 6.89. The molecule has 0 amide bonds. The average molecular weight is 250 g/mol. The molecule has 3 rings (SSSR count). The van der Waals surface area contributed by atoms with Crippen LogP contribution in [0.15, 0.2) is 4.42 Å². The lowest BCUT2D eigenvalue weighted by Gasteiger charge is -2.37. The number of piperidine rings is 1. The van der Waals surface area contributed by atoms with Crippen LogP contribution in [0.25, 0.3) is 0 Å². The number of methoxy groups -OCH3 is 1. The molecular weight excluding hydrogens is 228 g/mol. The standard InChI is InChI=1S/C14H22N2O2/c1-9-10(2)18-14(15-9)8-16-11-4-5-12(16)7-13(6-11)17-3/h11-13H,4-8H2,1-3H3. The first-order valence-corrected chi connectivity index (χ1v) is 6.89. The van der Waals surface area contributed by atoms with Crippen LogP contribution in [0, 0.1) is 13.8 Å². The van der Waals surface area contributed by atoms with Gasteiger partial charge >= 0.3 is 0 Å². The molecule has 0 aliphatic carbocycles. The highest BCUT2D eigenvalue weighted by Gasteiger charge is 2.41. The maximum Gasteiger partial charge on any atom is 0.208 e. The number of aromatic nitrogens is 1. The first-order chi connectivity index (χ1) is 8.67. The number of ether oxygens (including phenoxy) is 1. The van der Waals surface area contributed by atoms with Crippen molar-refractivity contribution in [2.45, 2.75) is 64.3 Å². The van der Waals surface area contributed by atoms with Crippen molar-refractivity contribution in [2.24, 2.45) is 0 Å². The normalized spacial score (nSPS) is 32.1. The first kappa shape index (κ1) is 12.2. The molecule has 100 valence electrons. The van der Waals surface area contributed by atoms with Gasteiger partial charge < -0.3 is 9.15 Å². The van der Waals surface area contributed by atoms with Crippen LogP contribution >= 0.6 is 0 Å². The number of aryl methyl sites for hydroxylation is 2. The maximum absolute atomic E-state index is 5.71. The van der Waals surface area contributed by atoms with Crippen LogP contribution in [0.3, 0.4) is 0 Å². The summed E-state index contributed by atoms with van der Waals surface area (Å²) in [6.07, 6.45) is 5.36. The number of hydrogen-bond acceptors (Lipinski definition) is 4. The minimum Gasteiger partial charge on any atom is -0.444 e. The molecule has 2 fully saturated rings. The molecule has 2 unspecified atom stereocenters. The van der Waals surface area contributed by atoms with Gasteiger partial charge in [-0.05, 0) is 39.5 Å². The summed E-state index contributed by atoms with van der Waals surface area (Å²) >= 11 is 0. The molecule has 0 spiro atoms. The Bertz CT molecular complexity index is 396. The second kappa shape index (κ2) is 4.67. The molecule has 2 atom stereocenters. The van der Waals surface area contributed by atoms with Gasteiger partial charge in [-0.3, -0.25) is 4.90 Å². The zero-order chi connectivity index (χ0) is 12.7. The molecule has 0 radical (unpaired) electrons. The predicted octanol–water partition coefficient (Wildman–Crippen LogP) is 2.43. The van der Waals surface area contributed by atoms with Crippen molar-refractivity contribution < 1.29 is 9.15 Å². The molecule has 2 aliphatic heterocycles.